The monoisotopic (exact) mass is 546 g/mol. The van der Waals surface area contributed by atoms with Gasteiger partial charge in [-0.05, 0) is 66.8 Å². The van der Waals surface area contributed by atoms with Gasteiger partial charge in [0.25, 0.3) is 0 Å². The summed E-state index contributed by atoms with van der Waals surface area (Å²) in [7, 11) is -4.02. The topological polar surface area (TPSA) is 130 Å². The molecule has 39 heavy (non-hydrogen) atoms. The molecule has 0 bridgehead atoms. The highest BCUT2D eigenvalue weighted by Gasteiger charge is 2.26. The van der Waals surface area contributed by atoms with Crippen LogP contribution in [-0.2, 0) is 26.2 Å². The summed E-state index contributed by atoms with van der Waals surface area (Å²) in [5.74, 6) is -1.34. The summed E-state index contributed by atoms with van der Waals surface area (Å²) in [4.78, 5) is 28.2. The Morgan fingerprint density at radius 2 is 1.64 bits per heavy atom. The molecule has 0 aliphatic carbocycles. The van der Waals surface area contributed by atoms with E-state index in [2.05, 4.69) is 15.0 Å². The van der Waals surface area contributed by atoms with E-state index in [1.807, 2.05) is 19.1 Å². The van der Waals surface area contributed by atoms with Crippen LogP contribution in [0.1, 0.15) is 34.7 Å². The maximum absolute atomic E-state index is 13.4. The quantitative estimate of drug-likeness (QED) is 0.266. The van der Waals surface area contributed by atoms with Crippen molar-refractivity contribution >= 4 is 27.6 Å². The molecule has 1 amide bonds. The summed E-state index contributed by atoms with van der Waals surface area (Å²) in [5, 5.41) is 12.4. The van der Waals surface area contributed by atoms with Crippen LogP contribution in [0.2, 0.25) is 0 Å². The molecule has 4 aromatic rings. The lowest BCUT2D eigenvalue weighted by molar-refractivity contribution is -0.137. The van der Waals surface area contributed by atoms with Gasteiger partial charge in [-0.1, -0.05) is 48.0 Å². The van der Waals surface area contributed by atoms with Crippen molar-refractivity contribution in [1.82, 2.24) is 14.3 Å². The first-order valence-electron chi connectivity index (χ1n) is 12.3. The van der Waals surface area contributed by atoms with Gasteiger partial charge in [0.05, 0.1) is 23.7 Å². The predicted molar refractivity (Wildman–Crippen MR) is 149 cm³/mol. The minimum absolute atomic E-state index is 0.122. The van der Waals surface area contributed by atoms with Gasteiger partial charge in [0.1, 0.15) is 6.54 Å². The molecular formula is C29H30N4O5S. The third-order valence-electron chi connectivity index (χ3n) is 6.20. The molecule has 3 aromatic carbocycles. The molecule has 0 radical (unpaired) electrons. The van der Waals surface area contributed by atoms with Crippen LogP contribution in [0.4, 0.5) is 5.69 Å². The Morgan fingerprint density at radius 3 is 2.28 bits per heavy atom. The Kier molecular flexibility index (Phi) is 8.27. The van der Waals surface area contributed by atoms with Crippen LogP contribution < -0.4 is 10.0 Å². The number of nitrogens with zero attached hydrogens (tertiary/aromatic N) is 2. The molecule has 0 spiro atoms. The number of imidazole rings is 1. The molecule has 1 aromatic heterocycles. The third-order valence-corrected chi connectivity index (χ3v) is 7.98. The Labute approximate surface area is 227 Å². The fraction of sp³-hybridized carbons (Fsp3) is 0.207. The molecular weight excluding hydrogens is 516 g/mol. The van der Waals surface area contributed by atoms with Gasteiger partial charge in [-0.15, -0.1) is 0 Å². The number of carbonyl (C=O) groups is 2. The van der Waals surface area contributed by atoms with Gasteiger partial charge >= 0.3 is 5.97 Å². The van der Waals surface area contributed by atoms with E-state index in [-0.39, 0.29) is 17.3 Å². The predicted octanol–water partition coefficient (Wildman–Crippen LogP) is 4.61. The molecule has 1 heterocycles. The molecule has 10 heteroatoms. The summed E-state index contributed by atoms with van der Waals surface area (Å²) in [5.41, 5.74) is 4.75. The first-order valence-corrected chi connectivity index (χ1v) is 13.8. The Balaban J connectivity index is 1.61. The minimum Gasteiger partial charge on any atom is -0.481 e. The largest absolute Gasteiger partial charge is 0.481 e. The molecule has 0 saturated carbocycles. The lowest BCUT2D eigenvalue weighted by atomic mass is 9.98. The zero-order chi connectivity index (χ0) is 28.2. The van der Waals surface area contributed by atoms with Crippen LogP contribution >= 0.6 is 0 Å². The second-order valence-corrected chi connectivity index (χ2v) is 11.1. The van der Waals surface area contributed by atoms with Crippen LogP contribution in [0.3, 0.4) is 0 Å². The third kappa shape index (κ3) is 6.98. The van der Waals surface area contributed by atoms with E-state index in [0.29, 0.717) is 22.4 Å². The first-order chi connectivity index (χ1) is 18.5. The van der Waals surface area contributed by atoms with Crippen LogP contribution in [0.5, 0.6) is 0 Å². The molecule has 0 fully saturated rings. The summed E-state index contributed by atoms with van der Waals surface area (Å²) in [6.45, 7) is 5.46. The van der Waals surface area contributed by atoms with Crippen molar-refractivity contribution in [2.75, 3.05) is 5.32 Å². The molecule has 202 valence electrons. The Bertz CT molecular complexity index is 1590. The van der Waals surface area contributed by atoms with Crippen molar-refractivity contribution in [3.63, 3.8) is 0 Å². The van der Waals surface area contributed by atoms with Gasteiger partial charge in [-0.2, -0.15) is 0 Å². The fourth-order valence-electron chi connectivity index (χ4n) is 4.70. The smallest absolute Gasteiger partial charge is 0.305 e. The summed E-state index contributed by atoms with van der Waals surface area (Å²) < 4.78 is 31.1. The van der Waals surface area contributed by atoms with Gasteiger partial charge in [-0.3, -0.25) is 9.59 Å². The number of aromatic nitrogens is 2. The van der Waals surface area contributed by atoms with E-state index in [4.69, 9.17) is 0 Å². The van der Waals surface area contributed by atoms with E-state index in [9.17, 15) is 23.1 Å². The molecule has 0 aliphatic heterocycles. The number of aryl methyl sites for hydroxylation is 3. The molecule has 9 nitrogen and oxygen atoms in total. The number of carbonyl (C=O) groups excluding carboxylic acids is 1. The maximum atomic E-state index is 13.4. The van der Waals surface area contributed by atoms with Crippen molar-refractivity contribution in [2.24, 2.45) is 0 Å². The van der Waals surface area contributed by atoms with Crippen LogP contribution in [0.25, 0.3) is 11.1 Å². The number of anilines is 1. The van der Waals surface area contributed by atoms with Crippen molar-refractivity contribution < 1.29 is 23.1 Å². The average molecular weight is 547 g/mol. The maximum Gasteiger partial charge on any atom is 0.305 e. The van der Waals surface area contributed by atoms with Crippen LogP contribution in [0.15, 0.2) is 84.3 Å². The minimum atomic E-state index is -4.02. The van der Waals surface area contributed by atoms with E-state index in [1.54, 1.807) is 85.7 Å². The number of carboxylic acids is 1. The summed E-state index contributed by atoms with van der Waals surface area (Å²) in [6.07, 6.45) is 4.42. The highest BCUT2D eigenvalue weighted by molar-refractivity contribution is 7.89. The number of benzene rings is 3. The van der Waals surface area contributed by atoms with Gasteiger partial charge in [0.15, 0.2) is 0 Å². The highest BCUT2D eigenvalue weighted by atomic mass is 32.2. The number of hydrogen-bond acceptors (Lipinski definition) is 5. The number of nitrogens with one attached hydrogen (secondary N) is 2. The SMILES string of the molecule is Cc1cc(C)c(S(=O)(=O)N[C@@H](CC(=O)O)c2cccc(-c3cccc(NC(=O)Cn4ccnc4)c3)c2)c(C)c1. The summed E-state index contributed by atoms with van der Waals surface area (Å²) >= 11 is 0. The lowest BCUT2D eigenvalue weighted by Gasteiger charge is -2.20. The van der Waals surface area contributed by atoms with E-state index in [0.717, 1.165) is 16.7 Å². The van der Waals surface area contributed by atoms with E-state index in [1.165, 1.54) is 0 Å². The normalized spacial score (nSPS) is 12.2. The number of hydrogen-bond donors (Lipinski definition) is 3. The number of sulfonamides is 1. The molecule has 3 N–H and O–H groups in total. The number of aliphatic carboxylic acids is 1. The van der Waals surface area contributed by atoms with E-state index >= 15 is 0 Å². The molecule has 0 saturated heterocycles. The van der Waals surface area contributed by atoms with Gasteiger partial charge in [-0.25, -0.2) is 18.1 Å². The standard InChI is InChI=1S/C29H30N4O5S/c1-19-12-20(2)29(21(3)13-19)39(37,38)32-26(16-28(35)36)24-8-4-6-22(14-24)23-7-5-9-25(15-23)31-27(34)17-33-11-10-30-18-33/h4-15,18,26,32H,16-17H2,1-3H3,(H,31,34)(H,35,36)/t26-/m0/s1. The molecule has 1 atom stereocenters. The molecule has 0 aliphatic rings. The zero-order valence-electron chi connectivity index (χ0n) is 21.9. The van der Waals surface area contributed by atoms with Gasteiger partial charge in [0, 0.05) is 18.1 Å². The number of amides is 1. The Morgan fingerprint density at radius 1 is 0.974 bits per heavy atom. The second-order valence-electron chi connectivity index (χ2n) is 9.49. The zero-order valence-corrected chi connectivity index (χ0v) is 22.7. The van der Waals surface area contributed by atoms with Crippen LogP contribution in [-0.4, -0.2) is 35.0 Å². The van der Waals surface area contributed by atoms with Crippen molar-refractivity contribution in [3.8, 4) is 11.1 Å². The molecule has 0 unspecified atom stereocenters. The highest BCUT2D eigenvalue weighted by Crippen LogP contribution is 2.29. The van der Waals surface area contributed by atoms with Crippen molar-refractivity contribution in [1.29, 1.82) is 0 Å². The van der Waals surface area contributed by atoms with Crippen molar-refractivity contribution in [2.45, 2.75) is 44.7 Å². The first kappa shape index (κ1) is 27.7. The lowest BCUT2D eigenvalue weighted by Crippen LogP contribution is -2.31. The van der Waals surface area contributed by atoms with Crippen molar-refractivity contribution in [3.05, 3.63) is 102 Å². The van der Waals surface area contributed by atoms with Crippen LogP contribution in [0, 0.1) is 20.8 Å². The van der Waals surface area contributed by atoms with Gasteiger partial charge in [0.2, 0.25) is 15.9 Å². The van der Waals surface area contributed by atoms with E-state index < -0.39 is 28.5 Å². The number of carboxylic acid groups (broad SMARTS) is 1. The number of rotatable bonds is 10. The fourth-order valence-corrected chi connectivity index (χ4v) is 6.37. The summed E-state index contributed by atoms with van der Waals surface area (Å²) in [6, 6.07) is 16.9. The van der Waals surface area contributed by atoms with Gasteiger partial charge < -0.3 is 15.0 Å². The Hall–Kier alpha value is -4.28. The average Bonchev–Trinajstić information content (AvgIpc) is 3.35. The molecule has 4 rings (SSSR count). The second kappa shape index (κ2) is 11.6.